The highest BCUT2D eigenvalue weighted by molar-refractivity contribution is 8.04. The normalized spacial score (nSPS) is 41.6. The topological polar surface area (TPSA) is 71.4 Å². The predicted octanol–water partition coefficient (Wildman–Crippen LogP) is 5.26. The maximum atomic E-state index is 12.7. The van der Waals surface area contributed by atoms with E-state index < -0.39 is 5.97 Å². The van der Waals surface area contributed by atoms with E-state index in [0.717, 1.165) is 43.4 Å². The van der Waals surface area contributed by atoms with Gasteiger partial charge in [0.15, 0.2) is 5.78 Å². The molecule has 0 amide bonds. The maximum Gasteiger partial charge on any atom is 0.304 e. The van der Waals surface area contributed by atoms with E-state index in [1.54, 1.807) is 6.92 Å². The van der Waals surface area contributed by atoms with Crippen LogP contribution in [0.4, 0.5) is 0 Å². The van der Waals surface area contributed by atoms with Gasteiger partial charge in [-0.1, -0.05) is 13.8 Å². The molecule has 0 heterocycles. The van der Waals surface area contributed by atoms with E-state index in [0.29, 0.717) is 35.7 Å². The first-order valence-corrected chi connectivity index (χ1v) is 12.3. The monoisotopic (exact) mass is 418 g/mol. The van der Waals surface area contributed by atoms with Crippen LogP contribution in [0.5, 0.6) is 0 Å². The molecule has 6 atom stereocenters. The Morgan fingerprint density at radius 3 is 2.52 bits per heavy atom. The van der Waals surface area contributed by atoms with Gasteiger partial charge in [0.25, 0.3) is 0 Å². The van der Waals surface area contributed by atoms with E-state index in [-0.39, 0.29) is 29.0 Å². The van der Waals surface area contributed by atoms with Crippen molar-refractivity contribution in [3.63, 3.8) is 0 Å². The number of hydrogen-bond acceptors (Lipinski definition) is 4. The molecule has 4 nitrogen and oxygen atoms in total. The van der Waals surface area contributed by atoms with Crippen LogP contribution in [0.25, 0.3) is 0 Å². The Bertz CT molecular complexity index is 771. The fraction of sp³-hybridized carbons (Fsp3) is 0.792. The summed E-state index contributed by atoms with van der Waals surface area (Å²) < 4.78 is 0. The summed E-state index contributed by atoms with van der Waals surface area (Å²) >= 11 is 1.48. The van der Waals surface area contributed by atoms with Crippen LogP contribution in [-0.2, 0) is 14.4 Å². The second-order valence-corrected chi connectivity index (χ2v) is 11.4. The van der Waals surface area contributed by atoms with Crippen molar-refractivity contribution >= 4 is 29.3 Å². The van der Waals surface area contributed by atoms with Crippen LogP contribution < -0.4 is 0 Å². The quantitative estimate of drug-likeness (QED) is 0.659. The Labute approximate surface area is 178 Å². The number of hydrogen-bond donors (Lipinski definition) is 1. The zero-order valence-electron chi connectivity index (χ0n) is 18.0. The van der Waals surface area contributed by atoms with Crippen LogP contribution >= 0.6 is 11.8 Å². The molecule has 160 valence electrons. The summed E-state index contributed by atoms with van der Waals surface area (Å²) in [6, 6.07) is 0. The van der Waals surface area contributed by atoms with Gasteiger partial charge < -0.3 is 5.11 Å². The predicted molar refractivity (Wildman–Crippen MR) is 115 cm³/mol. The lowest BCUT2D eigenvalue weighted by atomic mass is 9.46. The third-order valence-electron chi connectivity index (χ3n) is 9.12. The smallest absolute Gasteiger partial charge is 0.304 e. The summed E-state index contributed by atoms with van der Waals surface area (Å²) in [5.74, 6) is 2.39. The molecule has 0 spiro atoms. The lowest BCUT2D eigenvalue weighted by Crippen LogP contribution is -2.51. The van der Waals surface area contributed by atoms with Gasteiger partial charge >= 0.3 is 5.97 Å². The summed E-state index contributed by atoms with van der Waals surface area (Å²) in [5, 5.41) is 8.98. The molecule has 0 radical (unpaired) electrons. The van der Waals surface area contributed by atoms with E-state index in [1.165, 1.54) is 23.8 Å². The van der Waals surface area contributed by atoms with Crippen LogP contribution in [0, 0.1) is 34.5 Å². The molecule has 3 unspecified atom stereocenters. The number of allylic oxidation sites excluding steroid dienone is 1. The molecule has 0 aromatic carbocycles. The Balaban J connectivity index is 1.62. The van der Waals surface area contributed by atoms with Crippen molar-refractivity contribution < 1.29 is 19.5 Å². The molecule has 4 rings (SSSR count). The fourth-order valence-electron chi connectivity index (χ4n) is 7.74. The molecule has 29 heavy (non-hydrogen) atoms. The SMILES string of the molecule is CC(=O)[C@H]1CCC2C3CCC4=C(SCCC(=O)O)C(=O)CC[C@]4(C)C3CC[C@@]21C. The Hall–Kier alpha value is -1.10. The lowest BCUT2D eigenvalue weighted by Gasteiger charge is -2.58. The van der Waals surface area contributed by atoms with Gasteiger partial charge in [0.2, 0.25) is 0 Å². The van der Waals surface area contributed by atoms with E-state index in [2.05, 4.69) is 13.8 Å². The summed E-state index contributed by atoms with van der Waals surface area (Å²) in [6.45, 7) is 6.53. The Kier molecular flexibility index (Phi) is 5.50. The molecule has 3 saturated carbocycles. The third-order valence-corrected chi connectivity index (χ3v) is 10.3. The minimum Gasteiger partial charge on any atom is -0.481 e. The molecule has 0 aromatic rings. The van der Waals surface area contributed by atoms with Gasteiger partial charge in [-0.05, 0) is 86.0 Å². The average Bonchev–Trinajstić information content (AvgIpc) is 3.01. The molecular weight excluding hydrogens is 384 g/mol. The number of Topliss-reactive ketones (excluding diaryl/α,β-unsaturated/α-hetero) is 2. The molecule has 4 aliphatic carbocycles. The van der Waals surface area contributed by atoms with Gasteiger partial charge in [-0.3, -0.25) is 14.4 Å². The fourth-order valence-corrected chi connectivity index (χ4v) is 8.99. The molecule has 0 aromatic heterocycles. The first-order chi connectivity index (χ1) is 13.7. The maximum absolute atomic E-state index is 12.7. The van der Waals surface area contributed by atoms with Crippen molar-refractivity contribution in [1.29, 1.82) is 0 Å². The number of carbonyl (C=O) groups is 3. The highest BCUT2D eigenvalue weighted by atomic mass is 32.2. The van der Waals surface area contributed by atoms with Crippen molar-refractivity contribution in [3.05, 3.63) is 10.5 Å². The molecular formula is C24H34O4S. The standard InChI is InChI=1S/C24H34O4S/c1-14(25)16-6-7-17-15-4-5-19-22(29-13-10-21(27)28)20(26)9-12-24(19,3)18(15)8-11-23(16,17)2/h15-18H,4-13H2,1-3H3,(H,27,28)/t15?,16-,17?,18?,23-,24-/m1/s1. The van der Waals surface area contributed by atoms with Crippen molar-refractivity contribution in [2.45, 2.75) is 78.6 Å². The summed E-state index contributed by atoms with van der Waals surface area (Å²) in [7, 11) is 0. The van der Waals surface area contributed by atoms with E-state index >= 15 is 0 Å². The largest absolute Gasteiger partial charge is 0.481 e. The van der Waals surface area contributed by atoms with Crippen LogP contribution in [0.2, 0.25) is 0 Å². The first-order valence-electron chi connectivity index (χ1n) is 11.3. The first kappa shape index (κ1) is 21.1. The van der Waals surface area contributed by atoms with Crippen molar-refractivity contribution in [1.82, 2.24) is 0 Å². The molecule has 0 bridgehead atoms. The van der Waals surface area contributed by atoms with E-state index in [9.17, 15) is 14.4 Å². The minimum absolute atomic E-state index is 0.0675. The highest BCUT2D eigenvalue weighted by Crippen LogP contribution is 2.67. The van der Waals surface area contributed by atoms with Crippen LogP contribution in [-0.4, -0.2) is 28.4 Å². The molecule has 5 heteroatoms. The van der Waals surface area contributed by atoms with Crippen LogP contribution in [0.15, 0.2) is 10.5 Å². The van der Waals surface area contributed by atoms with Crippen molar-refractivity contribution in [3.8, 4) is 0 Å². The summed E-state index contributed by atoms with van der Waals surface area (Å²) in [6.07, 6.45) is 8.23. The Morgan fingerprint density at radius 2 is 1.83 bits per heavy atom. The van der Waals surface area contributed by atoms with Crippen molar-refractivity contribution in [2.75, 3.05) is 5.75 Å². The van der Waals surface area contributed by atoms with Gasteiger partial charge in [-0.15, -0.1) is 11.8 Å². The van der Waals surface area contributed by atoms with Gasteiger partial charge in [0, 0.05) is 18.1 Å². The highest BCUT2D eigenvalue weighted by Gasteiger charge is 2.60. The minimum atomic E-state index is -0.800. The number of rotatable bonds is 5. The zero-order chi connectivity index (χ0) is 21.0. The van der Waals surface area contributed by atoms with E-state index in [4.69, 9.17) is 5.11 Å². The Morgan fingerprint density at radius 1 is 1.07 bits per heavy atom. The van der Waals surface area contributed by atoms with Gasteiger partial charge in [0.05, 0.1) is 11.3 Å². The van der Waals surface area contributed by atoms with Gasteiger partial charge in [-0.25, -0.2) is 0 Å². The molecule has 0 saturated heterocycles. The third kappa shape index (κ3) is 3.32. The number of aliphatic carboxylic acids is 1. The molecule has 1 N–H and O–H groups in total. The molecule has 3 fully saturated rings. The number of thioether (sulfide) groups is 1. The number of carbonyl (C=O) groups excluding carboxylic acids is 2. The van der Waals surface area contributed by atoms with Gasteiger partial charge in [-0.2, -0.15) is 0 Å². The summed E-state index contributed by atoms with van der Waals surface area (Å²) in [5.41, 5.74) is 1.56. The second kappa shape index (κ2) is 7.55. The molecule has 4 aliphatic rings. The number of ketones is 2. The lowest BCUT2D eigenvalue weighted by molar-refractivity contribution is -0.136. The zero-order valence-corrected chi connectivity index (χ0v) is 18.8. The average molecular weight is 419 g/mol. The number of carboxylic acid groups (broad SMARTS) is 1. The van der Waals surface area contributed by atoms with Crippen LogP contribution in [0.3, 0.4) is 0 Å². The molecule has 0 aliphatic heterocycles. The van der Waals surface area contributed by atoms with E-state index in [1.807, 2.05) is 0 Å². The summed E-state index contributed by atoms with van der Waals surface area (Å²) in [4.78, 5) is 36.8. The van der Waals surface area contributed by atoms with Crippen molar-refractivity contribution in [2.24, 2.45) is 34.5 Å². The van der Waals surface area contributed by atoms with Gasteiger partial charge in [0.1, 0.15) is 5.78 Å². The second-order valence-electron chi connectivity index (χ2n) is 10.3. The number of carboxylic acids is 1. The number of fused-ring (bicyclic) bond motifs is 5. The van der Waals surface area contributed by atoms with Crippen LogP contribution in [0.1, 0.15) is 78.6 Å².